The Morgan fingerprint density at radius 2 is 1.86 bits per heavy atom. The maximum atomic E-state index is 13.1. The summed E-state index contributed by atoms with van der Waals surface area (Å²) < 4.78 is 35.3. The van der Waals surface area contributed by atoms with Crippen molar-refractivity contribution in [3.63, 3.8) is 0 Å². The lowest BCUT2D eigenvalue weighted by atomic mass is 10.1. The van der Waals surface area contributed by atoms with Gasteiger partial charge < -0.3 is 14.1 Å². The first-order valence-electron chi connectivity index (χ1n) is 9.10. The normalized spacial score (nSPS) is 18.2. The molecule has 1 atom stereocenters. The Morgan fingerprint density at radius 3 is 2.57 bits per heavy atom. The molecule has 4 rings (SSSR count). The third kappa shape index (κ3) is 3.62. The molecule has 1 saturated heterocycles. The highest BCUT2D eigenvalue weighted by molar-refractivity contribution is 7.91. The van der Waals surface area contributed by atoms with E-state index in [4.69, 9.17) is 9.15 Å². The van der Waals surface area contributed by atoms with Crippen LogP contribution in [0, 0.1) is 0 Å². The second-order valence-corrected chi connectivity index (χ2v) is 9.21. The van der Waals surface area contributed by atoms with Gasteiger partial charge in [0, 0.05) is 24.0 Å². The molecule has 6 nitrogen and oxygen atoms in total. The van der Waals surface area contributed by atoms with Gasteiger partial charge in [-0.25, -0.2) is 8.42 Å². The molecule has 0 saturated carbocycles. The van der Waals surface area contributed by atoms with Crippen molar-refractivity contribution in [3.05, 3.63) is 65.9 Å². The SMILES string of the molecule is CN(C(=O)c1oc2ccccc2c1COc1ccccc1)C1CCS(=O)(=O)C1. The van der Waals surface area contributed by atoms with Crippen LogP contribution in [0.1, 0.15) is 22.5 Å². The van der Waals surface area contributed by atoms with E-state index in [9.17, 15) is 13.2 Å². The predicted molar refractivity (Wildman–Crippen MR) is 106 cm³/mol. The first kappa shape index (κ1) is 18.6. The van der Waals surface area contributed by atoms with Crippen LogP contribution in [-0.4, -0.2) is 43.8 Å². The van der Waals surface area contributed by atoms with Crippen LogP contribution in [0.15, 0.2) is 59.0 Å². The Kier molecular flexibility index (Phi) is 4.85. The third-order valence-corrected chi connectivity index (χ3v) is 6.85. The number of sulfone groups is 1. The first-order chi connectivity index (χ1) is 13.4. The number of rotatable bonds is 5. The van der Waals surface area contributed by atoms with Crippen LogP contribution >= 0.6 is 0 Å². The molecular weight excluding hydrogens is 378 g/mol. The average molecular weight is 399 g/mol. The Balaban J connectivity index is 1.65. The topological polar surface area (TPSA) is 76.8 Å². The second kappa shape index (κ2) is 7.31. The smallest absolute Gasteiger partial charge is 0.290 e. The standard InChI is InChI=1S/C21H21NO5S/c1-22(15-11-12-28(24,25)14-15)21(23)20-18(13-26-16-7-3-2-4-8-16)17-9-5-6-10-19(17)27-20/h2-10,15H,11-14H2,1H3. The van der Waals surface area contributed by atoms with Crippen molar-refractivity contribution in [3.8, 4) is 5.75 Å². The third-order valence-electron chi connectivity index (χ3n) is 5.10. The highest BCUT2D eigenvalue weighted by atomic mass is 32.2. The number of hydrogen-bond donors (Lipinski definition) is 0. The van der Waals surface area contributed by atoms with Crippen molar-refractivity contribution in [2.75, 3.05) is 18.6 Å². The van der Waals surface area contributed by atoms with E-state index in [0.29, 0.717) is 23.3 Å². The quantitative estimate of drug-likeness (QED) is 0.658. The van der Waals surface area contributed by atoms with Crippen LogP contribution < -0.4 is 4.74 Å². The number of para-hydroxylation sites is 2. The van der Waals surface area contributed by atoms with Crippen molar-refractivity contribution in [2.24, 2.45) is 0 Å². The number of furan rings is 1. The van der Waals surface area contributed by atoms with Gasteiger partial charge in [0.15, 0.2) is 15.6 Å². The zero-order chi connectivity index (χ0) is 19.7. The summed E-state index contributed by atoms with van der Waals surface area (Å²) in [4.78, 5) is 14.6. The van der Waals surface area contributed by atoms with E-state index in [2.05, 4.69) is 0 Å². The van der Waals surface area contributed by atoms with Gasteiger partial charge in [-0.3, -0.25) is 4.79 Å². The van der Waals surface area contributed by atoms with Gasteiger partial charge >= 0.3 is 0 Å². The molecule has 0 spiro atoms. The number of carbonyl (C=O) groups excluding carboxylic acids is 1. The molecule has 0 N–H and O–H groups in total. The van der Waals surface area contributed by atoms with Gasteiger partial charge in [-0.15, -0.1) is 0 Å². The fourth-order valence-electron chi connectivity index (χ4n) is 3.49. The molecule has 2 heterocycles. The Labute approximate surface area is 163 Å². The molecule has 3 aromatic rings. The van der Waals surface area contributed by atoms with Gasteiger partial charge in [0.05, 0.1) is 11.5 Å². The molecular formula is C21H21NO5S. The average Bonchev–Trinajstić information content (AvgIpc) is 3.26. The lowest BCUT2D eigenvalue weighted by Crippen LogP contribution is -2.38. The van der Waals surface area contributed by atoms with Crippen LogP contribution in [-0.2, 0) is 16.4 Å². The van der Waals surface area contributed by atoms with Gasteiger partial charge in [0.1, 0.15) is 17.9 Å². The monoisotopic (exact) mass is 399 g/mol. The van der Waals surface area contributed by atoms with E-state index in [1.54, 1.807) is 13.1 Å². The van der Waals surface area contributed by atoms with E-state index in [-0.39, 0.29) is 35.8 Å². The van der Waals surface area contributed by atoms with Crippen LogP contribution in [0.2, 0.25) is 0 Å². The number of nitrogens with zero attached hydrogens (tertiary/aromatic N) is 1. The molecule has 1 aliphatic rings. The molecule has 2 aromatic carbocycles. The van der Waals surface area contributed by atoms with Crippen molar-refractivity contribution >= 4 is 26.7 Å². The summed E-state index contributed by atoms with van der Waals surface area (Å²) in [6.07, 6.45) is 0.445. The minimum Gasteiger partial charge on any atom is -0.489 e. The summed E-state index contributed by atoms with van der Waals surface area (Å²) >= 11 is 0. The van der Waals surface area contributed by atoms with Gasteiger partial charge in [-0.2, -0.15) is 0 Å². The number of amides is 1. The van der Waals surface area contributed by atoms with Crippen molar-refractivity contribution < 1.29 is 22.4 Å². The van der Waals surface area contributed by atoms with Crippen molar-refractivity contribution in [1.82, 2.24) is 4.90 Å². The number of fused-ring (bicyclic) bond motifs is 1. The summed E-state index contributed by atoms with van der Waals surface area (Å²) in [6.45, 7) is 0.179. The maximum absolute atomic E-state index is 13.1. The molecule has 28 heavy (non-hydrogen) atoms. The van der Waals surface area contributed by atoms with Crippen LogP contribution in [0.25, 0.3) is 11.0 Å². The Bertz CT molecular complexity index is 1100. The van der Waals surface area contributed by atoms with Gasteiger partial charge in [0.2, 0.25) is 0 Å². The molecule has 1 aromatic heterocycles. The molecule has 0 radical (unpaired) electrons. The summed E-state index contributed by atoms with van der Waals surface area (Å²) in [6, 6.07) is 16.4. The highest BCUT2D eigenvalue weighted by Gasteiger charge is 2.35. The number of carbonyl (C=O) groups is 1. The minimum atomic E-state index is -3.09. The van der Waals surface area contributed by atoms with E-state index >= 15 is 0 Å². The number of hydrogen-bond acceptors (Lipinski definition) is 5. The van der Waals surface area contributed by atoms with Crippen LogP contribution in [0.4, 0.5) is 0 Å². The minimum absolute atomic E-state index is 0.00861. The first-order valence-corrected chi connectivity index (χ1v) is 10.9. The van der Waals surface area contributed by atoms with Gasteiger partial charge in [-0.1, -0.05) is 36.4 Å². The van der Waals surface area contributed by atoms with Gasteiger partial charge in [-0.05, 0) is 24.6 Å². The molecule has 1 amide bonds. The molecule has 0 aliphatic carbocycles. The van der Waals surface area contributed by atoms with Crippen LogP contribution in [0.3, 0.4) is 0 Å². The Morgan fingerprint density at radius 1 is 1.14 bits per heavy atom. The summed E-state index contributed by atoms with van der Waals surface area (Å²) in [5.74, 6) is 0.667. The van der Waals surface area contributed by atoms with E-state index in [1.807, 2.05) is 48.5 Å². The molecule has 1 unspecified atom stereocenters. The van der Waals surface area contributed by atoms with Crippen molar-refractivity contribution in [1.29, 1.82) is 0 Å². The van der Waals surface area contributed by atoms with E-state index in [1.165, 1.54) is 4.90 Å². The lowest BCUT2D eigenvalue weighted by Gasteiger charge is -2.22. The summed E-state index contributed by atoms with van der Waals surface area (Å²) in [7, 11) is -1.46. The second-order valence-electron chi connectivity index (χ2n) is 6.98. The Hall–Kier alpha value is -2.80. The highest BCUT2D eigenvalue weighted by Crippen LogP contribution is 2.29. The summed E-state index contributed by atoms with van der Waals surface area (Å²) in [5, 5.41) is 0.814. The van der Waals surface area contributed by atoms with E-state index in [0.717, 1.165) is 5.39 Å². The van der Waals surface area contributed by atoms with Gasteiger partial charge in [0.25, 0.3) is 5.91 Å². The largest absolute Gasteiger partial charge is 0.489 e. The molecule has 0 bridgehead atoms. The number of ether oxygens (including phenoxy) is 1. The molecule has 146 valence electrons. The maximum Gasteiger partial charge on any atom is 0.290 e. The van der Waals surface area contributed by atoms with Crippen molar-refractivity contribution in [2.45, 2.75) is 19.1 Å². The summed E-state index contributed by atoms with van der Waals surface area (Å²) in [5.41, 5.74) is 1.27. The van der Waals surface area contributed by atoms with E-state index < -0.39 is 9.84 Å². The molecule has 1 fully saturated rings. The number of benzene rings is 2. The fraction of sp³-hybridized carbons (Fsp3) is 0.286. The zero-order valence-corrected chi connectivity index (χ0v) is 16.3. The fourth-order valence-corrected chi connectivity index (χ4v) is 5.27. The lowest BCUT2D eigenvalue weighted by molar-refractivity contribution is 0.0714. The molecule has 1 aliphatic heterocycles. The molecule has 7 heteroatoms. The van der Waals surface area contributed by atoms with Crippen LogP contribution in [0.5, 0.6) is 5.75 Å². The zero-order valence-electron chi connectivity index (χ0n) is 15.5. The predicted octanol–water partition coefficient (Wildman–Crippen LogP) is 3.27.